The quantitative estimate of drug-likeness (QED) is 0.658. The van der Waals surface area contributed by atoms with Gasteiger partial charge in [0.2, 0.25) is 20.5 Å². The van der Waals surface area contributed by atoms with Crippen LogP contribution < -0.4 is 9.29 Å². The van der Waals surface area contributed by atoms with Crippen LogP contribution >= 0.6 is 11.3 Å². The van der Waals surface area contributed by atoms with Crippen molar-refractivity contribution in [1.82, 2.24) is 4.72 Å². The number of fused-ring (bicyclic) bond motifs is 1. The fraction of sp³-hybridized carbons (Fsp3) is 0.500. The minimum absolute atomic E-state index is 0.332. The minimum atomic E-state index is -3.44. The van der Waals surface area contributed by atoms with E-state index < -0.39 is 10.0 Å². The van der Waals surface area contributed by atoms with Crippen LogP contribution in [0.4, 0.5) is 0 Å². The molecule has 0 aliphatic carbocycles. The molecule has 1 aromatic carbocycles. The second-order valence-electron chi connectivity index (χ2n) is 6.22. The number of hydrogen-bond donors (Lipinski definition) is 1. The van der Waals surface area contributed by atoms with Crippen LogP contribution in [0.1, 0.15) is 5.01 Å². The van der Waals surface area contributed by atoms with Gasteiger partial charge in [-0.05, 0) is 12.1 Å². The van der Waals surface area contributed by atoms with E-state index >= 15 is 0 Å². The van der Waals surface area contributed by atoms with Crippen LogP contribution in [-0.2, 0) is 17.1 Å². The van der Waals surface area contributed by atoms with E-state index in [4.69, 9.17) is 0 Å². The summed E-state index contributed by atoms with van der Waals surface area (Å²) in [7, 11) is 4.66. The van der Waals surface area contributed by atoms with Crippen molar-refractivity contribution < 1.29 is 17.5 Å². The van der Waals surface area contributed by atoms with E-state index in [0.717, 1.165) is 26.3 Å². The van der Waals surface area contributed by atoms with Gasteiger partial charge in [-0.1, -0.05) is 11.3 Å². The third-order valence-corrected chi connectivity index (χ3v) is 5.98. The van der Waals surface area contributed by atoms with Crippen molar-refractivity contribution in [2.75, 3.05) is 34.2 Å². The maximum absolute atomic E-state index is 12.3. The van der Waals surface area contributed by atoms with Crippen LogP contribution in [0.5, 0.6) is 0 Å². The Hall–Kier alpha value is -1.02. The Balaban J connectivity index is 2.24. The Morgan fingerprint density at radius 2 is 1.95 bits per heavy atom. The van der Waals surface area contributed by atoms with Crippen LogP contribution in [0.3, 0.4) is 0 Å². The van der Waals surface area contributed by atoms with Gasteiger partial charge < -0.3 is 4.48 Å². The first kappa shape index (κ1) is 16.4. The average molecular weight is 329 g/mol. The first-order chi connectivity index (χ1) is 9.60. The molecule has 0 spiro atoms. The van der Waals surface area contributed by atoms with E-state index in [1.54, 1.807) is 23.5 Å². The van der Waals surface area contributed by atoms with Crippen molar-refractivity contribution in [3.8, 4) is 0 Å². The van der Waals surface area contributed by atoms with Gasteiger partial charge in [-0.3, -0.25) is 0 Å². The SMILES string of the molecule is Cc1sc2cc(S(=O)(=O)NCC[N+](C)(C)C)ccc2[n+]1C. The number of thiazole rings is 1. The summed E-state index contributed by atoms with van der Waals surface area (Å²) in [5.41, 5.74) is 1.06. The fourth-order valence-electron chi connectivity index (χ4n) is 2.02. The molecule has 0 bridgehead atoms. The minimum Gasteiger partial charge on any atom is -0.330 e. The zero-order chi connectivity index (χ0) is 15.8. The second kappa shape index (κ2) is 5.64. The third-order valence-electron chi connectivity index (χ3n) is 3.41. The molecule has 0 saturated heterocycles. The summed E-state index contributed by atoms with van der Waals surface area (Å²) in [4.78, 5) is 0.332. The normalized spacial score (nSPS) is 13.0. The first-order valence-electron chi connectivity index (χ1n) is 6.79. The van der Waals surface area contributed by atoms with Crippen LogP contribution in [0.2, 0.25) is 0 Å². The van der Waals surface area contributed by atoms with Crippen LogP contribution in [0.25, 0.3) is 10.2 Å². The van der Waals surface area contributed by atoms with Crippen molar-refractivity contribution in [3.05, 3.63) is 23.2 Å². The zero-order valence-electron chi connectivity index (χ0n) is 13.2. The number of quaternary nitrogens is 1. The number of nitrogens with one attached hydrogen (secondary N) is 1. The Kier molecular flexibility index (Phi) is 4.39. The fourth-order valence-corrected chi connectivity index (χ4v) is 4.19. The van der Waals surface area contributed by atoms with Crippen molar-refractivity contribution in [1.29, 1.82) is 0 Å². The molecule has 2 rings (SSSR count). The summed E-state index contributed by atoms with van der Waals surface area (Å²) in [6.45, 7) is 3.20. The van der Waals surface area contributed by atoms with Crippen molar-refractivity contribution in [3.63, 3.8) is 0 Å². The van der Waals surface area contributed by atoms with Gasteiger partial charge in [0.25, 0.3) is 0 Å². The van der Waals surface area contributed by atoms with E-state index in [9.17, 15) is 8.42 Å². The Morgan fingerprint density at radius 1 is 1.29 bits per heavy atom. The number of aromatic nitrogens is 1. The van der Waals surface area contributed by atoms with Crippen LogP contribution in [0.15, 0.2) is 23.1 Å². The molecule has 1 N–H and O–H groups in total. The van der Waals surface area contributed by atoms with Gasteiger partial charge in [0.05, 0.1) is 39.1 Å². The Morgan fingerprint density at radius 3 is 2.57 bits per heavy atom. The highest BCUT2D eigenvalue weighted by Crippen LogP contribution is 2.22. The lowest BCUT2D eigenvalue weighted by molar-refractivity contribution is -0.869. The number of benzene rings is 1. The van der Waals surface area contributed by atoms with E-state index in [0.29, 0.717) is 11.4 Å². The molecule has 0 unspecified atom stereocenters. The van der Waals surface area contributed by atoms with Crippen molar-refractivity contribution in [2.45, 2.75) is 11.8 Å². The lowest BCUT2D eigenvalue weighted by Crippen LogP contribution is -2.41. The average Bonchev–Trinajstić information content (AvgIpc) is 2.63. The molecule has 2 aromatic rings. The topological polar surface area (TPSA) is 50.1 Å². The lowest BCUT2D eigenvalue weighted by Gasteiger charge is -2.23. The number of rotatable bonds is 5. The summed E-state index contributed by atoms with van der Waals surface area (Å²) < 4.78 is 31.1. The van der Waals surface area contributed by atoms with E-state index in [1.165, 1.54) is 0 Å². The summed E-state index contributed by atoms with van der Waals surface area (Å²) in [6.07, 6.45) is 0. The molecule has 0 atom stereocenters. The largest absolute Gasteiger partial charge is 0.330 e. The molecule has 0 aliphatic rings. The predicted molar refractivity (Wildman–Crippen MR) is 85.8 cm³/mol. The highest BCUT2D eigenvalue weighted by molar-refractivity contribution is 7.89. The van der Waals surface area contributed by atoms with Gasteiger partial charge in [0.15, 0.2) is 0 Å². The van der Waals surface area contributed by atoms with Gasteiger partial charge in [0.1, 0.15) is 11.7 Å². The summed E-state index contributed by atoms with van der Waals surface area (Å²) >= 11 is 1.60. The molecule has 1 heterocycles. The van der Waals surface area contributed by atoms with Crippen molar-refractivity contribution in [2.24, 2.45) is 7.05 Å². The summed E-state index contributed by atoms with van der Waals surface area (Å²) in [5.74, 6) is 0. The molecule has 0 radical (unpaired) electrons. The lowest BCUT2D eigenvalue weighted by atomic mass is 10.3. The number of aryl methyl sites for hydroxylation is 2. The van der Waals surface area contributed by atoms with Crippen LogP contribution in [0, 0.1) is 6.92 Å². The number of sulfonamides is 1. The van der Waals surface area contributed by atoms with Gasteiger partial charge in [-0.25, -0.2) is 13.1 Å². The Bertz CT molecular complexity index is 758. The molecule has 7 heteroatoms. The van der Waals surface area contributed by atoms with Gasteiger partial charge >= 0.3 is 0 Å². The molecule has 1 aromatic heterocycles. The highest BCUT2D eigenvalue weighted by Gasteiger charge is 2.19. The second-order valence-corrected chi connectivity index (χ2v) is 9.22. The molecule has 0 fully saturated rings. The first-order valence-corrected chi connectivity index (χ1v) is 9.09. The zero-order valence-corrected chi connectivity index (χ0v) is 14.8. The monoisotopic (exact) mass is 329 g/mol. The molecule has 0 amide bonds. The van der Waals surface area contributed by atoms with Gasteiger partial charge in [0, 0.05) is 13.0 Å². The molecular weight excluding hydrogens is 306 g/mol. The molecule has 0 saturated carbocycles. The predicted octanol–water partition coefficient (Wildman–Crippen LogP) is 1.02. The number of nitrogens with zero attached hydrogens (tertiary/aromatic N) is 2. The van der Waals surface area contributed by atoms with Gasteiger partial charge in [-0.15, -0.1) is 0 Å². The third kappa shape index (κ3) is 3.79. The number of likely N-dealkylation sites (N-methyl/N-ethyl adjacent to an activating group) is 1. The molecular formula is C14H23N3O2S2+2. The van der Waals surface area contributed by atoms with Gasteiger partial charge in [-0.2, -0.15) is 4.57 Å². The maximum Gasteiger partial charge on any atom is 0.240 e. The van der Waals surface area contributed by atoms with Crippen molar-refractivity contribution >= 4 is 31.6 Å². The summed E-state index contributed by atoms with van der Waals surface area (Å²) in [6, 6.07) is 5.29. The highest BCUT2D eigenvalue weighted by atomic mass is 32.2. The Labute approximate surface area is 130 Å². The number of hydrogen-bond acceptors (Lipinski definition) is 3. The van der Waals surface area contributed by atoms with E-state index in [-0.39, 0.29) is 0 Å². The maximum atomic E-state index is 12.3. The van der Waals surface area contributed by atoms with E-state index in [2.05, 4.69) is 9.29 Å². The van der Waals surface area contributed by atoms with Crippen LogP contribution in [-0.4, -0.2) is 47.1 Å². The molecule has 5 nitrogen and oxygen atoms in total. The van der Waals surface area contributed by atoms with E-state index in [1.807, 2.05) is 41.2 Å². The molecule has 21 heavy (non-hydrogen) atoms. The molecule has 0 aliphatic heterocycles. The standard InChI is InChI=1S/C14H23N3O2S2/c1-11-16(2)13-7-6-12(10-14(13)20-11)21(18,19)15-8-9-17(3,4)5/h6-7,10,15H,8-9H2,1-5H3/q+2. The summed E-state index contributed by atoms with van der Waals surface area (Å²) in [5, 5.41) is 1.15. The smallest absolute Gasteiger partial charge is 0.240 e. The molecule has 116 valence electrons.